The maximum Gasteiger partial charge on any atom is 0.0478 e. The lowest BCUT2D eigenvalue weighted by molar-refractivity contribution is 0.213. The lowest BCUT2D eigenvalue weighted by Gasteiger charge is -2.28. The number of hydrogen-bond donors (Lipinski definition) is 1. The fourth-order valence-electron chi connectivity index (χ4n) is 1.78. The number of hydrogen-bond acceptors (Lipinski definition) is 3. The van der Waals surface area contributed by atoms with Gasteiger partial charge in [-0.3, -0.25) is 4.90 Å². The highest BCUT2D eigenvalue weighted by molar-refractivity contribution is 7.07. The summed E-state index contributed by atoms with van der Waals surface area (Å²) >= 11 is 1.75. The Morgan fingerprint density at radius 2 is 2.29 bits per heavy atom. The van der Waals surface area contributed by atoms with Gasteiger partial charge in [0.05, 0.1) is 0 Å². The SMILES string of the molecule is CCCN(CC)C(CN)c1ccsc1. The van der Waals surface area contributed by atoms with Crippen molar-refractivity contribution >= 4 is 11.3 Å². The van der Waals surface area contributed by atoms with Crippen molar-refractivity contribution in [1.29, 1.82) is 0 Å². The van der Waals surface area contributed by atoms with Gasteiger partial charge in [0.15, 0.2) is 0 Å². The predicted molar refractivity (Wildman–Crippen MR) is 63.7 cm³/mol. The fraction of sp³-hybridized carbons (Fsp3) is 0.636. The molecule has 1 unspecified atom stereocenters. The molecule has 0 fully saturated rings. The van der Waals surface area contributed by atoms with E-state index in [1.54, 1.807) is 11.3 Å². The van der Waals surface area contributed by atoms with E-state index in [2.05, 4.69) is 35.6 Å². The molecule has 80 valence electrons. The van der Waals surface area contributed by atoms with Crippen molar-refractivity contribution < 1.29 is 0 Å². The van der Waals surface area contributed by atoms with Crippen LogP contribution in [0.5, 0.6) is 0 Å². The number of likely N-dealkylation sites (N-methyl/N-ethyl adjacent to an activating group) is 1. The van der Waals surface area contributed by atoms with Crippen molar-refractivity contribution in [3.63, 3.8) is 0 Å². The summed E-state index contributed by atoms with van der Waals surface area (Å²) < 4.78 is 0. The first-order valence-corrected chi connectivity index (χ1v) is 6.23. The Kier molecular flexibility index (Phi) is 5.15. The number of nitrogens with zero attached hydrogens (tertiary/aromatic N) is 1. The first-order valence-electron chi connectivity index (χ1n) is 5.29. The standard InChI is InChI=1S/C11H20N2S/c1-3-6-13(4-2)11(8-12)10-5-7-14-9-10/h5,7,9,11H,3-4,6,8,12H2,1-2H3. The average Bonchev–Trinajstić information content (AvgIpc) is 2.71. The Morgan fingerprint density at radius 1 is 1.50 bits per heavy atom. The maximum atomic E-state index is 5.83. The van der Waals surface area contributed by atoms with Crippen LogP contribution in [0.3, 0.4) is 0 Å². The van der Waals surface area contributed by atoms with Crippen LogP contribution >= 0.6 is 11.3 Å². The summed E-state index contributed by atoms with van der Waals surface area (Å²) in [4.78, 5) is 2.45. The highest BCUT2D eigenvalue weighted by Gasteiger charge is 2.16. The molecule has 0 aliphatic heterocycles. The lowest BCUT2D eigenvalue weighted by atomic mass is 10.1. The molecule has 0 saturated heterocycles. The van der Waals surface area contributed by atoms with E-state index < -0.39 is 0 Å². The minimum atomic E-state index is 0.409. The molecule has 0 aliphatic carbocycles. The van der Waals surface area contributed by atoms with Gasteiger partial charge in [0.1, 0.15) is 0 Å². The molecule has 1 atom stereocenters. The third-order valence-electron chi connectivity index (χ3n) is 2.51. The van der Waals surface area contributed by atoms with E-state index in [4.69, 9.17) is 5.73 Å². The van der Waals surface area contributed by atoms with Crippen LogP contribution < -0.4 is 5.73 Å². The molecule has 1 rings (SSSR count). The summed E-state index contributed by atoms with van der Waals surface area (Å²) in [7, 11) is 0. The highest BCUT2D eigenvalue weighted by atomic mass is 32.1. The molecule has 0 radical (unpaired) electrons. The second-order valence-electron chi connectivity index (χ2n) is 3.44. The third-order valence-corrected chi connectivity index (χ3v) is 3.21. The van der Waals surface area contributed by atoms with Crippen LogP contribution in [0.1, 0.15) is 31.9 Å². The van der Waals surface area contributed by atoms with Gasteiger partial charge in [-0.15, -0.1) is 0 Å². The van der Waals surface area contributed by atoms with Gasteiger partial charge in [-0.05, 0) is 41.9 Å². The third kappa shape index (κ3) is 2.80. The molecule has 3 heteroatoms. The molecule has 0 bridgehead atoms. The summed E-state index contributed by atoms with van der Waals surface area (Å²) in [6.07, 6.45) is 1.19. The summed E-state index contributed by atoms with van der Waals surface area (Å²) in [6, 6.07) is 2.59. The summed E-state index contributed by atoms with van der Waals surface area (Å²) in [5.41, 5.74) is 7.20. The van der Waals surface area contributed by atoms with Gasteiger partial charge in [0.2, 0.25) is 0 Å². The molecule has 1 aromatic heterocycles. The molecule has 0 aromatic carbocycles. The number of rotatable bonds is 6. The van der Waals surface area contributed by atoms with E-state index in [0.717, 1.165) is 13.1 Å². The van der Waals surface area contributed by atoms with Gasteiger partial charge < -0.3 is 5.73 Å². The van der Waals surface area contributed by atoms with Gasteiger partial charge in [0, 0.05) is 12.6 Å². The summed E-state index contributed by atoms with van der Waals surface area (Å²) in [5, 5.41) is 4.33. The van der Waals surface area contributed by atoms with Crippen molar-refractivity contribution in [1.82, 2.24) is 4.90 Å². The van der Waals surface area contributed by atoms with Gasteiger partial charge >= 0.3 is 0 Å². The molecule has 2 nitrogen and oxygen atoms in total. The average molecular weight is 212 g/mol. The Bertz CT molecular complexity index is 233. The van der Waals surface area contributed by atoms with Gasteiger partial charge in [-0.25, -0.2) is 0 Å². The van der Waals surface area contributed by atoms with Crippen molar-refractivity contribution in [2.45, 2.75) is 26.3 Å². The van der Waals surface area contributed by atoms with Crippen molar-refractivity contribution in [2.24, 2.45) is 5.73 Å². The maximum absolute atomic E-state index is 5.83. The fourth-order valence-corrected chi connectivity index (χ4v) is 2.49. The Hall–Kier alpha value is -0.380. The highest BCUT2D eigenvalue weighted by Crippen LogP contribution is 2.21. The van der Waals surface area contributed by atoms with Crippen LogP contribution in [0.15, 0.2) is 16.8 Å². The van der Waals surface area contributed by atoms with Crippen LogP contribution in [0, 0.1) is 0 Å². The molecule has 1 aromatic rings. The van der Waals surface area contributed by atoms with Crippen LogP contribution in [-0.2, 0) is 0 Å². The largest absolute Gasteiger partial charge is 0.329 e. The van der Waals surface area contributed by atoms with Crippen molar-refractivity contribution in [3.05, 3.63) is 22.4 Å². The van der Waals surface area contributed by atoms with E-state index in [-0.39, 0.29) is 0 Å². The van der Waals surface area contributed by atoms with E-state index in [9.17, 15) is 0 Å². The van der Waals surface area contributed by atoms with Crippen LogP contribution in [0.25, 0.3) is 0 Å². The minimum Gasteiger partial charge on any atom is -0.329 e. The summed E-state index contributed by atoms with van der Waals surface area (Å²) in [5.74, 6) is 0. The monoisotopic (exact) mass is 212 g/mol. The van der Waals surface area contributed by atoms with Crippen molar-refractivity contribution in [3.8, 4) is 0 Å². The molecule has 0 aliphatic rings. The normalized spacial score (nSPS) is 13.4. The molecule has 14 heavy (non-hydrogen) atoms. The molecular weight excluding hydrogens is 192 g/mol. The first-order chi connectivity index (χ1) is 6.83. The lowest BCUT2D eigenvalue weighted by Crippen LogP contribution is -2.34. The zero-order valence-corrected chi connectivity index (χ0v) is 9.89. The Morgan fingerprint density at radius 3 is 2.71 bits per heavy atom. The molecule has 0 spiro atoms. The van der Waals surface area contributed by atoms with Gasteiger partial charge in [-0.2, -0.15) is 11.3 Å². The van der Waals surface area contributed by atoms with E-state index in [1.807, 2.05) is 0 Å². The molecule has 1 heterocycles. The van der Waals surface area contributed by atoms with Crippen LogP contribution in [0.4, 0.5) is 0 Å². The molecule has 0 saturated carbocycles. The van der Waals surface area contributed by atoms with Gasteiger partial charge in [-0.1, -0.05) is 13.8 Å². The van der Waals surface area contributed by atoms with E-state index in [0.29, 0.717) is 12.6 Å². The first kappa shape index (κ1) is 11.7. The Balaban J connectivity index is 2.68. The molecule has 0 amide bonds. The Labute approximate surface area is 90.7 Å². The van der Waals surface area contributed by atoms with E-state index in [1.165, 1.54) is 12.0 Å². The second kappa shape index (κ2) is 6.17. The van der Waals surface area contributed by atoms with Gasteiger partial charge in [0.25, 0.3) is 0 Å². The number of thiophene rings is 1. The summed E-state index contributed by atoms with van der Waals surface area (Å²) in [6.45, 7) is 7.33. The van der Waals surface area contributed by atoms with Crippen molar-refractivity contribution in [2.75, 3.05) is 19.6 Å². The van der Waals surface area contributed by atoms with Crippen LogP contribution in [-0.4, -0.2) is 24.5 Å². The topological polar surface area (TPSA) is 29.3 Å². The molecular formula is C11H20N2S. The molecule has 2 N–H and O–H groups in total. The van der Waals surface area contributed by atoms with Crippen LogP contribution in [0.2, 0.25) is 0 Å². The quantitative estimate of drug-likeness (QED) is 0.785. The zero-order valence-electron chi connectivity index (χ0n) is 9.07. The predicted octanol–water partition coefficient (Wildman–Crippen LogP) is 2.48. The van der Waals surface area contributed by atoms with E-state index >= 15 is 0 Å². The minimum absolute atomic E-state index is 0.409. The number of nitrogens with two attached hydrogens (primary N) is 1. The zero-order chi connectivity index (χ0) is 10.4. The second-order valence-corrected chi connectivity index (χ2v) is 4.22. The smallest absolute Gasteiger partial charge is 0.0478 e.